The highest BCUT2D eigenvalue weighted by Crippen LogP contribution is 2.26. The third-order valence-corrected chi connectivity index (χ3v) is 3.62. The second kappa shape index (κ2) is 6.49. The van der Waals surface area contributed by atoms with Crippen molar-refractivity contribution in [3.63, 3.8) is 0 Å². The van der Waals surface area contributed by atoms with Crippen molar-refractivity contribution in [2.24, 2.45) is 0 Å². The average molecular weight is 321 g/mol. The predicted octanol–water partition coefficient (Wildman–Crippen LogP) is 1.03. The fraction of sp³-hybridized carbons (Fsp3) is 0.600. The lowest BCUT2D eigenvalue weighted by Gasteiger charge is -2.23. The van der Waals surface area contributed by atoms with E-state index >= 15 is 0 Å². The van der Waals surface area contributed by atoms with Crippen LogP contribution in [0.15, 0.2) is 10.5 Å². The first-order chi connectivity index (χ1) is 10.7. The van der Waals surface area contributed by atoms with Gasteiger partial charge in [-0.2, -0.15) is 0 Å². The van der Waals surface area contributed by atoms with E-state index < -0.39 is 5.60 Å². The van der Waals surface area contributed by atoms with E-state index in [-0.39, 0.29) is 24.9 Å². The Morgan fingerprint density at radius 2 is 2.17 bits per heavy atom. The van der Waals surface area contributed by atoms with Crippen molar-refractivity contribution in [1.29, 1.82) is 0 Å². The van der Waals surface area contributed by atoms with Crippen LogP contribution in [0.2, 0.25) is 0 Å². The van der Waals surface area contributed by atoms with E-state index in [1.807, 2.05) is 20.8 Å². The molecular formula is C15H23N5O3. The van der Waals surface area contributed by atoms with Gasteiger partial charge in [-0.05, 0) is 37.3 Å². The summed E-state index contributed by atoms with van der Waals surface area (Å²) in [5.41, 5.74) is -0.542. The lowest BCUT2D eigenvalue weighted by molar-refractivity contribution is -0.123. The first kappa shape index (κ1) is 17.1. The van der Waals surface area contributed by atoms with Crippen LogP contribution < -0.4 is 5.32 Å². The molecule has 0 aliphatic rings. The molecule has 1 amide bonds. The number of carbonyl (C=O) groups is 1. The van der Waals surface area contributed by atoms with Crippen molar-refractivity contribution in [2.45, 2.75) is 52.7 Å². The summed E-state index contributed by atoms with van der Waals surface area (Å²) in [6.07, 6.45) is 0. The third kappa shape index (κ3) is 3.95. The molecule has 0 saturated carbocycles. The Balaban J connectivity index is 1.98. The number of aromatic nitrogens is 4. The fourth-order valence-electron chi connectivity index (χ4n) is 2.46. The Morgan fingerprint density at radius 1 is 1.48 bits per heavy atom. The van der Waals surface area contributed by atoms with Crippen molar-refractivity contribution in [2.75, 3.05) is 6.54 Å². The Bertz CT molecular complexity index is 687. The van der Waals surface area contributed by atoms with Gasteiger partial charge in [-0.3, -0.25) is 4.79 Å². The first-order valence-electron chi connectivity index (χ1n) is 7.53. The normalized spacial score (nSPS) is 14.0. The second-order valence-corrected chi connectivity index (χ2v) is 6.23. The van der Waals surface area contributed by atoms with Crippen LogP contribution >= 0.6 is 0 Å². The Hall–Kier alpha value is -2.22. The summed E-state index contributed by atoms with van der Waals surface area (Å²) in [7, 11) is 0. The van der Waals surface area contributed by atoms with E-state index in [0.29, 0.717) is 17.1 Å². The summed E-state index contributed by atoms with van der Waals surface area (Å²) in [5.74, 6) is 1.87. The lowest BCUT2D eigenvalue weighted by Crippen LogP contribution is -2.40. The maximum atomic E-state index is 12.1. The number of aliphatic hydroxyl groups is 1. The summed E-state index contributed by atoms with van der Waals surface area (Å²) in [4.78, 5) is 12.1. The van der Waals surface area contributed by atoms with Crippen LogP contribution in [0, 0.1) is 13.8 Å². The Morgan fingerprint density at radius 3 is 2.74 bits per heavy atom. The van der Waals surface area contributed by atoms with E-state index in [9.17, 15) is 9.90 Å². The molecule has 8 nitrogen and oxygen atoms in total. The first-order valence-corrected chi connectivity index (χ1v) is 7.53. The smallest absolute Gasteiger partial charge is 0.241 e. The third-order valence-electron chi connectivity index (χ3n) is 3.62. The van der Waals surface area contributed by atoms with E-state index in [1.54, 1.807) is 19.9 Å². The quantitative estimate of drug-likeness (QED) is 0.823. The monoisotopic (exact) mass is 321 g/mol. The molecular weight excluding hydrogens is 298 g/mol. The molecule has 8 heteroatoms. The topological polar surface area (TPSA) is 106 Å². The molecule has 23 heavy (non-hydrogen) atoms. The maximum absolute atomic E-state index is 12.1. The van der Waals surface area contributed by atoms with Gasteiger partial charge >= 0.3 is 0 Å². The molecule has 2 aromatic heterocycles. The molecule has 126 valence electrons. The molecule has 0 saturated heterocycles. The van der Waals surface area contributed by atoms with Crippen molar-refractivity contribution in [3.05, 3.63) is 29.0 Å². The van der Waals surface area contributed by atoms with Crippen LogP contribution in [-0.2, 0) is 16.9 Å². The number of tetrazole rings is 1. The van der Waals surface area contributed by atoms with Gasteiger partial charge in [0.25, 0.3) is 0 Å². The summed E-state index contributed by atoms with van der Waals surface area (Å²) in [6.45, 7) is 9.24. The van der Waals surface area contributed by atoms with E-state index in [1.165, 1.54) is 4.68 Å². The SMILES string of the molecule is Cc1cc(C(C)(O)CNC(=O)Cn2nnnc2C(C)C)c(C)o1. The Labute approximate surface area is 134 Å². The zero-order valence-electron chi connectivity index (χ0n) is 14.1. The van der Waals surface area contributed by atoms with Crippen molar-refractivity contribution in [1.82, 2.24) is 25.5 Å². The van der Waals surface area contributed by atoms with E-state index in [2.05, 4.69) is 20.8 Å². The number of aryl methyl sites for hydroxylation is 2. The standard InChI is InChI=1S/C15H23N5O3/c1-9(2)14-17-18-19-20(14)7-13(21)16-8-15(5,22)12-6-10(3)23-11(12)4/h6,9,22H,7-8H2,1-5H3,(H,16,21). The number of carbonyl (C=O) groups excluding carboxylic acids is 1. The van der Waals surface area contributed by atoms with Gasteiger partial charge in [0.2, 0.25) is 5.91 Å². The predicted molar refractivity (Wildman–Crippen MR) is 82.7 cm³/mol. The van der Waals surface area contributed by atoms with Crippen LogP contribution in [-0.4, -0.2) is 37.8 Å². The summed E-state index contributed by atoms with van der Waals surface area (Å²) in [5, 5.41) is 24.6. The van der Waals surface area contributed by atoms with Gasteiger partial charge in [-0.15, -0.1) is 5.10 Å². The van der Waals surface area contributed by atoms with Gasteiger partial charge in [0.05, 0.1) is 6.54 Å². The summed E-state index contributed by atoms with van der Waals surface area (Å²) < 4.78 is 6.89. The molecule has 2 aromatic rings. The van der Waals surface area contributed by atoms with E-state index in [0.717, 1.165) is 5.76 Å². The molecule has 0 radical (unpaired) electrons. The van der Waals surface area contributed by atoms with Gasteiger partial charge < -0.3 is 14.8 Å². The second-order valence-electron chi connectivity index (χ2n) is 6.23. The van der Waals surface area contributed by atoms with Gasteiger partial charge in [0.1, 0.15) is 23.7 Å². The minimum Gasteiger partial charge on any atom is -0.466 e. The van der Waals surface area contributed by atoms with Crippen LogP contribution in [0.25, 0.3) is 0 Å². The molecule has 2 N–H and O–H groups in total. The number of nitrogens with zero attached hydrogens (tertiary/aromatic N) is 4. The van der Waals surface area contributed by atoms with E-state index in [4.69, 9.17) is 4.42 Å². The minimum atomic E-state index is -1.21. The van der Waals surface area contributed by atoms with Crippen LogP contribution in [0.5, 0.6) is 0 Å². The van der Waals surface area contributed by atoms with Crippen LogP contribution in [0.3, 0.4) is 0 Å². The van der Waals surface area contributed by atoms with Crippen molar-refractivity contribution < 1.29 is 14.3 Å². The number of hydrogen-bond donors (Lipinski definition) is 2. The van der Waals surface area contributed by atoms with Crippen LogP contribution in [0.4, 0.5) is 0 Å². The molecule has 2 heterocycles. The highest BCUT2D eigenvalue weighted by Gasteiger charge is 2.28. The molecule has 0 spiro atoms. The molecule has 0 aliphatic carbocycles. The summed E-state index contributed by atoms with van der Waals surface area (Å²) in [6, 6.07) is 1.78. The number of amides is 1. The molecule has 2 rings (SSSR count). The molecule has 0 aliphatic heterocycles. The van der Waals surface area contributed by atoms with Gasteiger partial charge in [-0.25, -0.2) is 4.68 Å². The molecule has 0 bridgehead atoms. The van der Waals surface area contributed by atoms with Crippen molar-refractivity contribution in [3.8, 4) is 0 Å². The van der Waals surface area contributed by atoms with Gasteiger partial charge in [0.15, 0.2) is 5.82 Å². The zero-order chi connectivity index (χ0) is 17.2. The fourth-order valence-corrected chi connectivity index (χ4v) is 2.46. The molecule has 1 unspecified atom stereocenters. The number of hydrogen-bond acceptors (Lipinski definition) is 6. The highest BCUT2D eigenvalue weighted by atomic mass is 16.3. The minimum absolute atomic E-state index is 0.0139. The maximum Gasteiger partial charge on any atom is 0.241 e. The van der Waals surface area contributed by atoms with Gasteiger partial charge in [-0.1, -0.05) is 13.8 Å². The lowest BCUT2D eigenvalue weighted by atomic mass is 9.96. The largest absolute Gasteiger partial charge is 0.466 e. The zero-order valence-corrected chi connectivity index (χ0v) is 14.1. The van der Waals surface area contributed by atoms with Gasteiger partial charge in [0, 0.05) is 11.5 Å². The van der Waals surface area contributed by atoms with Crippen LogP contribution in [0.1, 0.15) is 49.6 Å². The molecule has 1 atom stereocenters. The van der Waals surface area contributed by atoms with Crippen molar-refractivity contribution >= 4 is 5.91 Å². The average Bonchev–Trinajstić information content (AvgIpc) is 3.03. The Kier molecular flexibility index (Phi) is 4.84. The number of rotatable bonds is 6. The molecule has 0 aromatic carbocycles. The summed E-state index contributed by atoms with van der Waals surface area (Å²) >= 11 is 0. The number of furan rings is 1. The molecule has 0 fully saturated rings. The number of nitrogens with one attached hydrogen (secondary N) is 1. The highest BCUT2D eigenvalue weighted by molar-refractivity contribution is 5.75.